The van der Waals surface area contributed by atoms with Crippen molar-refractivity contribution < 1.29 is 19.1 Å². The molecule has 0 aromatic heterocycles. The predicted octanol–water partition coefficient (Wildman–Crippen LogP) is 1.97. The zero-order chi connectivity index (χ0) is 20.1. The van der Waals surface area contributed by atoms with Gasteiger partial charge in [0.05, 0.1) is 19.4 Å². The quantitative estimate of drug-likeness (QED) is 0.394. The van der Waals surface area contributed by atoms with E-state index in [0.717, 1.165) is 22.3 Å². The summed E-state index contributed by atoms with van der Waals surface area (Å²) in [6, 6.07) is 14.9. The molecule has 0 unspecified atom stereocenters. The molecule has 6 heteroatoms. The van der Waals surface area contributed by atoms with Gasteiger partial charge in [-0.2, -0.15) is 0 Å². The number of rotatable bonds is 9. The van der Waals surface area contributed by atoms with Crippen LogP contribution in [0.2, 0.25) is 0 Å². The van der Waals surface area contributed by atoms with Crippen LogP contribution in [0.5, 0.6) is 0 Å². The van der Waals surface area contributed by atoms with Crippen LogP contribution >= 0.6 is 0 Å². The summed E-state index contributed by atoms with van der Waals surface area (Å²) in [4.78, 5) is 35.9. The third kappa shape index (κ3) is 4.07. The number of ketones is 1. The van der Waals surface area contributed by atoms with Crippen LogP contribution in [0.3, 0.4) is 0 Å². The second-order valence-electron chi connectivity index (χ2n) is 6.72. The van der Waals surface area contributed by atoms with Crippen molar-refractivity contribution in [1.29, 1.82) is 0 Å². The Morgan fingerprint density at radius 1 is 1.04 bits per heavy atom. The fraction of sp³-hybridized carbons (Fsp3) is 0.273. The molecule has 1 amide bonds. The minimum absolute atomic E-state index is 0.0528. The van der Waals surface area contributed by atoms with Crippen LogP contribution in [0, 0.1) is 6.92 Å². The molecule has 0 fully saturated rings. The van der Waals surface area contributed by atoms with Gasteiger partial charge in [0.15, 0.2) is 0 Å². The molecule has 1 aliphatic rings. The van der Waals surface area contributed by atoms with E-state index in [1.807, 2.05) is 48.5 Å². The van der Waals surface area contributed by atoms with Gasteiger partial charge in [-0.25, -0.2) is 4.79 Å². The summed E-state index contributed by atoms with van der Waals surface area (Å²) in [6.07, 6.45) is 0.246. The van der Waals surface area contributed by atoms with Gasteiger partial charge in [-0.15, -0.1) is 0 Å². The van der Waals surface area contributed by atoms with Crippen molar-refractivity contribution in [3.8, 4) is 11.1 Å². The van der Waals surface area contributed by atoms with Crippen molar-refractivity contribution in [2.24, 2.45) is 5.73 Å². The van der Waals surface area contributed by atoms with Crippen LogP contribution in [-0.2, 0) is 19.1 Å². The van der Waals surface area contributed by atoms with Gasteiger partial charge >= 0.3 is 5.97 Å². The van der Waals surface area contributed by atoms with E-state index in [0.29, 0.717) is 13.0 Å². The van der Waals surface area contributed by atoms with Crippen LogP contribution in [0.4, 0.5) is 0 Å². The maximum absolute atomic E-state index is 12.4. The molecule has 6 nitrogen and oxygen atoms in total. The van der Waals surface area contributed by atoms with Gasteiger partial charge in [-0.1, -0.05) is 48.5 Å². The van der Waals surface area contributed by atoms with Gasteiger partial charge in [0.2, 0.25) is 5.91 Å². The van der Waals surface area contributed by atoms with E-state index in [2.05, 4.69) is 12.2 Å². The first-order valence-electron chi connectivity index (χ1n) is 9.23. The van der Waals surface area contributed by atoms with Crippen LogP contribution in [-0.4, -0.2) is 36.9 Å². The SMILES string of the molecule is [CH2+]CCN[C@@H](CC(N)=O)C(=O)C(=O)OCC1c2ccccc2-c2ccccc21. The number of Topliss-reactive ketones (excluding diaryl/α,β-unsaturated/α-hetero) is 1. The van der Waals surface area contributed by atoms with Crippen LogP contribution in [0.1, 0.15) is 29.9 Å². The fourth-order valence-corrected chi connectivity index (χ4v) is 3.55. The van der Waals surface area contributed by atoms with Gasteiger partial charge in [-0.3, -0.25) is 9.59 Å². The second-order valence-corrected chi connectivity index (χ2v) is 6.72. The molecule has 1 aliphatic carbocycles. The number of benzene rings is 2. The maximum atomic E-state index is 12.4. The number of fused-ring (bicyclic) bond motifs is 3. The lowest BCUT2D eigenvalue weighted by atomic mass is 9.98. The van der Waals surface area contributed by atoms with Crippen LogP contribution in [0.25, 0.3) is 11.1 Å². The number of primary amides is 1. The number of hydrogen-bond acceptors (Lipinski definition) is 5. The smallest absolute Gasteiger partial charge is 0.376 e. The molecule has 144 valence electrons. The van der Waals surface area contributed by atoms with Crippen molar-refractivity contribution >= 4 is 17.7 Å². The molecule has 3 N–H and O–H groups in total. The number of nitrogens with one attached hydrogen (secondary N) is 1. The minimum Gasteiger partial charge on any atom is -0.459 e. The fourth-order valence-electron chi connectivity index (χ4n) is 3.55. The first kappa shape index (κ1) is 19.6. The Balaban J connectivity index is 1.72. The summed E-state index contributed by atoms with van der Waals surface area (Å²) in [5.74, 6) is -2.57. The van der Waals surface area contributed by atoms with Gasteiger partial charge in [0.25, 0.3) is 5.78 Å². The summed E-state index contributed by atoms with van der Waals surface area (Å²) in [5, 5.41) is 2.83. The van der Waals surface area contributed by atoms with Crippen molar-refractivity contribution in [1.82, 2.24) is 5.32 Å². The Kier molecular flexibility index (Phi) is 6.11. The number of esters is 1. The molecule has 0 saturated heterocycles. The molecule has 0 spiro atoms. The summed E-state index contributed by atoms with van der Waals surface area (Å²) < 4.78 is 5.35. The highest BCUT2D eigenvalue weighted by Crippen LogP contribution is 2.44. The van der Waals surface area contributed by atoms with E-state index in [1.54, 1.807) is 0 Å². The number of ether oxygens (including phenoxy) is 1. The van der Waals surface area contributed by atoms with Crippen LogP contribution < -0.4 is 11.1 Å². The molecule has 28 heavy (non-hydrogen) atoms. The average Bonchev–Trinajstić information content (AvgIpc) is 3.02. The van der Waals surface area contributed by atoms with E-state index in [4.69, 9.17) is 10.5 Å². The Bertz CT molecular complexity index is 848. The number of amides is 1. The molecule has 0 bridgehead atoms. The highest BCUT2D eigenvalue weighted by Gasteiger charge is 2.32. The van der Waals surface area contributed by atoms with Crippen molar-refractivity contribution in [3.63, 3.8) is 0 Å². The van der Waals surface area contributed by atoms with Crippen molar-refractivity contribution in [2.45, 2.75) is 24.8 Å². The standard InChI is InChI=1S/C22H22N2O4/c1-2-11-24-19(12-20(23)25)21(26)22(27)28-13-18-16-9-5-3-7-14(16)15-8-4-6-10-17(15)18/h3-10,18-19,24H,1-2,11-13H2,(H-,23,25)/p+1/t19-/m0/s1. The molecular formula is C22H23N2O4+. The molecule has 0 aliphatic heterocycles. The van der Waals surface area contributed by atoms with Crippen molar-refractivity contribution in [2.75, 3.05) is 13.2 Å². The van der Waals surface area contributed by atoms with Crippen LogP contribution in [0.15, 0.2) is 48.5 Å². The second kappa shape index (κ2) is 8.71. The largest absolute Gasteiger partial charge is 0.459 e. The lowest BCUT2D eigenvalue weighted by Crippen LogP contribution is -2.44. The number of carbonyl (C=O) groups excluding carboxylic acids is 3. The minimum atomic E-state index is -0.991. The predicted molar refractivity (Wildman–Crippen MR) is 105 cm³/mol. The van der Waals surface area contributed by atoms with Gasteiger partial charge in [0, 0.05) is 18.9 Å². The Labute approximate surface area is 164 Å². The molecule has 0 saturated carbocycles. The van der Waals surface area contributed by atoms with E-state index >= 15 is 0 Å². The molecule has 3 rings (SSSR count). The highest BCUT2D eigenvalue weighted by molar-refractivity contribution is 6.36. The molecule has 0 radical (unpaired) electrons. The lowest BCUT2D eigenvalue weighted by molar-refractivity contribution is -0.155. The first-order valence-corrected chi connectivity index (χ1v) is 9.23. The number of hydrogen-bond donors (Lipinski definition) is 2. The maximum Gasteiger partial charge on any atom is 0.376 e. The summed E-state index contributed by atoms with van der Waals surface area (Å²) in [7, 11) is 0. The molecule has 1 atom stereocenters. The van der Waals surface area contributed by atoms with E-state index < -0.39 is 23.7 Å². The zero-order valence-corrected chi connectivity index (χ0v) is 15.5. The molecular weight excluding hydrogens is 356 g/mol. The van der Waals surface area contributed by atoms with E-state index in [9.17, 15) is 14.4 Å². The Morgan fingerprint density at radius 2 is 1.61 bits per heavy atom. The summed E-state index contributed by atoms with van der Waals surface area (Å²) in [6.45, 7) is 4.11. The number of nitrogens with two attached hydrogens (primary N) is 1. The monoisotopic (exact) mass is 379 g/mol. The van der Waals surface area contributed by atoms with Gasteiger partial charge in [-0.05, 0) is 22.3 Å². The normalized spacial score (nSPS) is 13.4. The topological polar surface area (TPSA) is 98.5 Å². The molecule has 2 aromatic carbocycles. The third-order valence-electron chi connectivity index (χ3n) is 4.83. The summed E-state index contributed by atoms with van der Waals surface area (Å²) >= 11 is 0. The average molecular weight is 379 g/mol. The molecule has 0 heterocycles. The third-order valence-corrected chi connectivity index (χ3v) is 4.83. The summed E-state index contributed by atoms with van der Waals surface area (Å²) in [5.41, 5.74) is 9.52. The Hall–Kier alpha value is -3.12. The van der Waals surface area contributed by atoms with Crippen molar-refractivity contribution in [3.05, 3.63) is 66.6 Å². The van der Waals surface area contributed by atoms with E-state index in [1.165, 1.54) is 0 Å². The lowest BCUT2D eigenvalue weighted by Gasteiger charge is -2.17. The highest BCUT2D eigenvalue weighted by atomic mass is 16.5. The number of carbonyl (C=O) groups is 3. The van der Waals surface area contributed by atoms with E-state index in [-0.39, 0.29) is 18.9 Å². The Morgan fingerprint density at radius 3 is 2.14 bits per heavy atom. The molecule has 2 aromatic rings. The zero-order valence-electron chi connectivity index (χ0n) is 15.5. The first-order chi connectivity index (χ1) is 13.5. The van der Waals surface area contributed by atoms with Gasteiger partial charge < -0.3 is 15.8 Å². The van der Waals surface area contributed by atoms with Gasteiger partial charge in [0.1, 0.15) is 6.61 Å².